The summed E-state index contributed by atoms with van der Waals surface area (Å²) in [4.78, 5) is 8.46. The second kappa shape index (κ2) is 6.23. The largest absolute Gasteiger partial charge is 0.495 e. The molecule has 0 saturated carbocycles. The van der Waals surface area contributed by atoms with Crippen molar-refractivity contribution in [2.45, 2.75) is 26.3 Å². The predicted molar refractivity (Wildman–Crippen MR) is 80.9 cm³/mol. The molecule has 2 rings (SSSR count). The minimum Gasteiger partial charge on any atom is -0.495 e. The molecule has 5 heteroatoms. The molecule has 1 aromatic carbocycles. The van der Waals surface area contributed by atoms with E-state index in [2.05, 4.69) is 29.1 Å². The van der Waals surface area contributed by atoms with Crippen LogP contribution in [0.4, 0.5) is 11.5 Å². The molecule has 0 aliphatic carbocycles. The molecule has 5 nitrogen and oxygen atoms in total. The van der Waals surface area contributed by atoms with Crippen molar-refractivity contribution in [3.05, 3.63) is 41.9 Å². The van der Waals surface area contributed by atoms with E-state index in [4.69, 9.17) is 10.5 Å². The lowest BCUT2D eigenvalue weighted by Crippen LogP contribution is -2.04. The van der Waals surface area contributed by atoms with Crippen molar-refractivity contribution in [2.24, 2.45) is 0 Å². The third kappa shape index (κ3) is 3.38. The van der Waals surface area contributed by atoms with E-state index in [1.54, 1.807) is 13.4 Å². The number of ether oxygens (including phenoxy) is 1. The summed E-state index contributed by atoms with van der Waals surface area (Å²) in [6.07, 6.45) is 1.58. The molecule has 1 heterocycles. The molecule has 0 aliphatic heterocycles. The van der Waals surface area contributed by atoms with Crippen LogP contribution in [0.2, 0.25) is 0 Å². The Morgan fingerprint density at radius 1 is 1.25 bits per heavy atom. The number of benzene rings is 1. The molecule has 0 fully saturated rings. The number of aromatic nitrogens is 2. The van der Waals surface area contributed by atoms with Crippen molar-refractivity contribution in [3.63, 3.8) is 0 Å². The van der Waals surface area contributed by atoms with Crippen LogP contribution < -0.4 is 15.8 Å². The average molecular weight is 272 g/mol. The summed E-state index contributed by atoms with van der Waals surface area (Å²) in [6.45, 7) is 4.87. The standard InChI is InChI=1S/C15H20N4O/c1-10(2)13-7-15(19-9-18-13)17-8-11-4-5-14(20-3)12(16)6-11/h4-7,9-10H,8,16H2,1-3H3,(H,17,18,19). The fourth-order valence-electron chi connectivity index (χ4n) is 1.87. The van der Waals surface area contributed by atoms with Gasteiger partial charge in [0, 0.05) is 18.3 Å². The van der Waals surface area contributed by atoms with Crippen LogP contribution in [0.15, 0.2) is 30.6 Å². The summed E-state index contributed by atoms with van der Waals surface area (Å²) < 4.78 is 5.14. The van der Waals surface area contributed by atoms with E-state index < -0.39 is 0 Å². The lowest BCUT2D eigenvalue weighted by molar-refractivity contribution is 0.417. The molecule has 0 radical (unpaired) electrons. The van der Waals surface area contributed by atoms with Crippen molar-refractivity contribution >= 4 is 11.5 Å². The molecule has 106 valence electrons. The summed E-state index contributed by atoms with van der Waals surface area (Å²) in [5, 5.41) is 3.27. The molecule has 0 atom stereocenters. The lowest BCUT2D eigenvalue weighted by atomic mass is 10.1. The second-order valence-corrected chi connectivity index (χ2v) is 4.91. The van der Waals surface area contributed by atoms with Crippen molar-refractivity contribution in [1.82, 2.24) is 9.97 Å². The first kappa shape index (κ1) is 14.1. The van der Waals surface area contributed by atoms with Crippen molar-refractivity contribution in [3.8, 4) is 5.75 Å². The third-order valence-electron chi connectivity index (χ3n) is 3.05. The van der Waals surface area contributed by atoms with Crippen LogP contribution in [0.1, 0.15) is 31.0 Å². The molecular formula is C15H20N4O. The summed E-state index contributed by atoms with van der Waals surface area (Å²) >= 11 is 0. The molecule has 0 bridgehead atoms. The SMILES string of the molecule is COc1ccc(CNc2cc(C(C)C)ncn2)cc1N. The summed E-state index contributed by atoms with van der Waals surface area (Å²) in [5.41, 5.74) is 8.62. The molecule has 20 heavy (non-hydrogen) atoms. The molecule has 0 saturated heterocycles. The van der Waals surface area contributed by atoms with Crippen LogP contribution in [0.5, 0.6) is 5.75 Å². The number of hydrogen-bond donors (Lipinski definition) is 2. The van der Waals surface area contributed by atoms with Crippen molar-refractivity contribution in [2.75, 3.05) is 18.2 Å². The van der Waals surface area contributed by atoms with Gasteiger partial charge in [0.05, 0.1) is 12.8 Å². The fraction of sp³-hybridized carbons (Fsp3) is 0.333. The molecular weight excluding hydrogens is 252 g/mol. The molecule has 0 aliphatic rings. The molecule has 0 unspecified atom stereocenters. The van der Waals surface area contributed by atoms with Gasteiger partial charge in [0.25, 0.3) is 0 Å². The molecule has 3 N–H and O–H groups in total. The van der Waals surface area contributed by atoms with Crippen LogP contribution in [-0.4, -0.2) is 17.1 Å². The van der Waals surface area contributed by atoms with Gasteiger partial charge in [0.1, 0.15) is 17.9 Å². The maximum absolute atomic E-state index is 5.89. The monoisotopic (exact) mass is 272 g/mol. The van der Waals surface area contributed by atoms with Gasteiger partial charge in [-0.25, -0.2) is 9.97 Å². The topological polar surface area (TPSA) is 73.1 Å². The highest BCUT2D eigenvalue weighted by Crippen LogP contribution is 2.22. The minimum atomic E-state index is 0.384. The maximum atomic E-state index is 5.89. The van der Waals surface area contributed by atoms with Gasteiger partial charge in [0.2, 0.25) is 0 Å². The van der Waals surface area contributed by atoms with Crippen LogP contribution in [0.25, 0.3) is 0 Å². The first-order chi connectivity index (χ1) is 9.60. The van der Waals surface area contributed by atoms with Gasteiger partial charge >= 0.3 is 0 Å². The second-order valence-electron chi connectivity index (χ2n) is 4.91. The van der Waals surface area contributed by atoms with Gasteiger partial charge in [-0.1, -0.05) is 19.9 Å². The quantitative estimate of drug-likeness (QED) is 0.819. The van der Waals surface area contributed by atoms with Gasteiger partial charge in [0.15, 0.2) is 0 Å². The van der Waals surface area contributed by atoms with E-state index in [0.717, 1.165) is 17.1 Å². The molecule has 0 spiro atoms. The number of nitrogen functional groups attached to an aromatic ring is 1. The first-order valence-corrected chi connectivity index (χ1v) is 6.58. The van der Waals surface area contributed by atoms with E-state index in [1.807, 2.05) is 24.3 Å². The Morgan fingerprint density at radius 3 is 2.70 bits per heavy atom. The highest BCUT2D eigenvalue weighted by molar-refractivity contribution is 5.54. The zero-order valence-corrected chi connectivity index (χ0v) is 12.1. The third-order valence-corrected chi connectivity index (χ3v) is 3.05. The van der Waals surface area contributed by atoms with Gasteiger partial charge in [-0.2, -0.15) is 0 Å². The van der Waals surface area contributed by atoms with Crippen LogP contribution in [0, 0.1) is 0 Å². The Morgan fingerprint density at radius 2 is 2.05 bits per heavy atom. The van der Waals surface area contributed by atoms with Gasteiger partial charge < -0.3 is 15.8 Å². The van der Waals surface area contributed by atoms with E-state index in [0.29, 0.717) is 23.9 Å². The highest BCUT2D eigenvalue weighted by Gasteiger charge is 2.04. The Bertz CT molecular complexity index is 584. The summed E-state index contributed by atoms with van der Waals surface area (Å²) in [7, 11) is 1.61. The number of nitrogens with two attached hydrogens (primary N) is 1. The number of anilines is 2. The Hall–Kier alpha value is -2.30. The van der Waals surface area contributed by atoms with E-state index >= 15 is 0 Å². The van der Waals surface area contributed by atoms with Crippen molar-refractivity contribution < 1.29 is 4.74 Å². The van der Waals surface area contributed by atoms with Gasteiger partial charge in [-0.15, -0.1) is 0 Å². The highest BCUT2D eigenvalue weighted by atomic mass is 16.5. The first-order valence-electron chi connectivity index (χ1n) is 6.58. The normalized spacial score (nSPS) is 10.6. The van der Waals surface area contributed by atoms with Crippen LogP contribution in [0.3, 0.4) is 0 Å². The summed E-state index contributed by atoms with van der Waals surface area (Å²) in [6, 6.07) is 7.71. The Labute approximate surface area is 119 Å². The fourth-order valence-corrected chi connectivity index (χ4v) is 1.87. The predicted octanol–water partition coefficient (Wildman–Crippen LogP) is 2.80. The zero-order valence-electron chi connectivity index (χ0n) is 12.1. The summed E-state index contributed by atoms with van der Waals surface area (Å²) in [5.74, 6) is 1.89. The molecule has 2 aromatic rings. The maximum Gasteiger partial charge on any atom is 0.141 e. The van der Waals surface area contributed by atoms with Crippen molar-refractivity contribution in [1.29, 1.82) is 0 Å². The average Bonchev–Trinajstić information content (AvgIpc) is 2.45. The number of hydrogen-bond acceptors (Lipinski definition) is 5. The molecule has 1 aromatic heterocycles. The number of nitrogens with zero attached hydrogens (tertiary/aromatic N) is 2. The van der Waals surface area contributed by atoms with E-state index in [-0.39, 0.29) is 0 Å². The lowest BCUT2D eigenvalue weighted by Gasteiger charge is -2.10. The Kier molecular flexibility index (Phi) is 4.40. The zero-order chi connectivity index (χ0) is 14.5. The van der Waals surface area contributed by atoms with Gasteiger partial charge in [-0.05, 0) is 23.6 Å². The number of rotatable bonds is 5. The molecule has 0 amide bonds. The van der Waals surface area contributed by atoms with Crippen LogP contribution in [-0.2, 0) is 6.54 Å². The van der Waals surface area contributed by atoms with Crippen LogP contribution >= 0.6 is 0 Å². The Balaban J connectivity index is 2.05. The minimum absolute atomic E-state index is 0.384. The van der Waals surface area contributed by atoms with E-state index in [9.17, 15) is 0 Å². The number of nitrogens with one attached hydrogen (secondary N) is 1. The number of methoxy groups -OCH3 is 1. The van der Waals surface area contributed by atoms with Gasteiger partial charge in [-0.3, -0.25) is 0 Å². The smallest absolute Gasteiger partial charge is 0.141 e. The van der Waals surface area contributed by atoms with E-state index in [1.165, 1.54) is 0 Å².